The molecule has 7 rings (SSSR count). The molecule has 2 N–H and O–H groups in total. The highest BCUT2D eigenvalue weighted by molar-refractivity contribution is 6.24. The highest BCUT2D eigenvalue weighted by Crippen LogP contribution is 2.45. The number of nitrogens with one attached hydrogen (secondary N) is 2. The van der Waals surface area contributed by atoms with E-state index >= 15 is 0 Å². The molecule has 202 valence electrons. The summed E-state index contributed by atoms with van der Waals surface area (Å²) in [7, 11) is 0. The quantitative estimate of drug-likeness (QED) is 0.273. The zero-order valence-corrected chi connectivity index (χ0v) is 22.5. The smallest absolute Gasteiger partial charge is 0.332 e. The van der Waals surface area contributed by atoms with Gasteiger partial charge in [-0.1, -0.05) is 90.5 Å². The summed E-state index contributed by atoms with van der Waals surface area (Å²) >= 11 is 0. The zero-order chi connectivity index (χ0) is 28.1. The van der Waals surface area contributed by atoms with Crippen LogP contribution in [0.4, 0.5) is 10.5 Å². The van der Waals surface area contributed by atoms with Gasteiger partial charge in [0.1, 0.15) is 12.1 Å². The third-order valence-electron chi connectivity index (χ3n) is 8.13. The summed E-state index contributed by atoms with van der Waals surface area (Å²) in [5, 5.41) is 3.99. The number of fused-ring (bicyclic) bond motifs is 4. The van der Waals surface area contributed by atoms with Gasteiger partial charge in [-0.2, -0.15) is 0 Å². The maximum atomic E-state index is 14.3. The molecule has 41 heavy (non-hydrogen) atoms. The Bertz CT molecular complexity index is 1810. The second kappa shape index (κ2) is 9.78. The highest BCUT2D eigenvalue weighted by atomic mass is 16.2. The molecule has 5 aromatic rings. The van der Waals surface area contributed by atoms with E-state index in [-0.39, 0.29) is 17.4 Å². The minimum Gasteiger partial charge on any atom is -0.356 e. The van der Waals surface area contributed by atoms with Crippen molar-refractivity contribution in [2.75, 3.05) is 4.90 Å². The molecule has 4 amide bonds. The number of urea groups is 1. The number of hydrogen-bond donors (Lipinski definition) is 2. The molecule has 0 saturated carbocycles. The van der Waals surface area contributed by atoms with Crippen molar-refractivity contribution >= 4 is 34.4 Å². The Balaban J connectivity index is 1.29. The number of imide groups is 1. The Morgan fingerprint density at radius 2 is 1.59 bits per heavy atom. The van der Waals surface area contributed by atoms with Crippen molar-refractivity contribution in [3.8, 4) is 0 Å². The Morgan fingerprint density at radius 3 is 2.39 bits per heavy atom. The Morgan fingerprint density at radius 1 is 0.878 bits per heavy atom. The number of rotatable bonds is 5. The van der Waals surface area contributed by atoms with Crippen LogP contribution in [0.2, 0.25) is 0 Å². The number of benzene rings is 4. The van der Waals surface area contributed by atoms with Crippen LogP contribution in [0.5, 0.6) is 0 Å². The van der Waals surface area contributed by atoms with Gasteiger partial charge in [0.25, 0.3) is 11.8 Å². The normalized spacial score (nSPS) is 18.0. The molecule has 3 heterocycles. The van der Waals surface area contributed by atoms with Gasteiger partial charge < -0.3 is 10.3 Å². The maximum Gasteiger partial charge on any atom is 0.332 e. The third-order valence-corrected chi connectivity index (χ3v) is 8.13. The summed E-state index contributed by atoms with van der Waals surface area (Å²) < 4.78 is 0. The Hall–Kier alpha value is -5.17. The first-order valence-electron chi connectivity index (χ1n) is 13.7. The first kappa shape index (κ1) is 24.8. The minimum atomic E-state index is -0.694. The number of hydrogen-bond acceptors (Lipinski definition) is 3. The van der Waals surface area contributed by atoms with E-state index in [2.05, 4.69) is 16.4 Å². The van der Waals surface area contributed by atoms with E-state index in [9.17, 15) is 14.4 Å². The number of aromatic amines is 1. The number of H-pyrrole nitrogens is 1. The topological polar surface area (TPSA) is 85.5 Å². The van der Waals surface area contributed by atoms with Crippen molar-refractivity contribution in [1.29, 1.82) is 0 Å². The van der Waals surface area contributed by atoms with Crippen molar-refractivity contribution < 1.29 is 14.4 Å². The minimum absolute atomic E-state index is 0.279. The largest absolute Gasteiger partial charge is 0.356 e. The first-order valence-corrected chi connectivity index (χ1v) is 13.7. The molecule has 1 fully saturated rings. The summed E-state index contributed by atoms with van der Waals surface area (Å²) in [6.07, 6.45) is 0.394. The van der Waals surface area contributed by atoms with E-state index in [1.165, 1.54) is 4.90 Å². The van der Waals surface area contributed by atoms with Crippen LogP contribution in [0, 0.1) is 6.92 Å². The van der Waals surface area contributed by atoms with Crippen LogP contribution in [0.3, 0.4) is 0 Å². The molecule has 2 atom stereocenters. The molecule has 7 heteroatoms. The van der Waals surface area contributed by atoms with Gasteiger partial charge in [0, 0.05) is 29.6 Å². The average molecular weight is 541 g/mol. The van der Waals surface area contributed by atoms with E-state index < -0.39 is 18.1 Å². The molecule has 0 spiro atoms. The molecule has 1 aromatic heterocycles. The van der Waals surface area contributed by atoms with Crippen LogP contribution >= 0.6 is 0 Å². The van der Waals surface area contributed by atoms with Crippen molar-refractivity contribution in [2.45, 2.75) is 32.0 Å². The highest BCUT2D eigenvalue weighted by Gasteiger charge is 2.53. The van der Waals surface area contributed by atoms with Crippen LogP contribution in [0.1, 0.15) is 44.3 Å². The number of amides is 4. The van der Waals surface area contributed by atoms with Gasteiger partial charge >= 0.3 is 6.03 Å². The van der Waals surface area contributed by atoms with Crippen LogP contribution < -0.4 is 10.2 Å². The van der Waals surface area contributed by atoms with E-state index in [1.54, 1.807) is 29.2 Å². The van der Waals surface area contributed by atoms with Crippen LogP contribution in [0.15, 0.2) is 103 Å². The number of nitrogens with zero attached hydrogens (tertiary/aromatic N) is 2. The predicted molar refractivity (Wildman–Crippen MR) is 158 cm³/mol. The lowest BCUT2D eigenvalue weighted by molar-refractivity contribution is -0.120. The lowest BCUT2D eigenvalue weighted by Gasteiger charge is -2.36. The molecule has 0 bridgehead atoms. The van der Waals surface area contributed by atoms with E-state index in [0.717, 1.165) is 38.9 Å². The lowest BCUT2D eigenvalue weighted by atomic mass is 9.88. The first-order chi connectivity index (χ1) is 20.0. The van der Waals surface area contributed by atoms with Crippen molar-refractivity contribution in [1.82, 2.24) is 15.2 Å². The summed E-state index contributed by atoms with van der Waals surface area (Å²) in [5.74, 6) is -0.674. The van der Waals surface area contributed by atoms with E-state index in [0.29, 0.717) is 18.7 Å². The maximum absolute atomic E-state index is 14.3. The van der Waals surface area contributed by atoms with Gasteiger partial charge in [0.05, 0.1) is 11.3 Å². The molecule has 1 saturated heterocycles. The number of aryl methyl sites for hydroxylation is 1. The van der Waals surface area contributed by atoms with Crippen LogP contribution in [-0.2, 0) is 17.8 Å². The molecule has 2 aliphatic heterocycles. The molecule has 1 unspecified atom stereocenters. The van der Waals surface area contributed by atoms with E-state index in [1.807, 2.05) is 79.7 Å². The standard InChI is InChI=1S/C34H28N4O3/c1-21-15-17-23(18-16-21)31-30-26(24-11-5-7-13-27(24)36-30)19-29-33(40)38(34(41)37(29)31)28-14-8-6-12-25(28)32(39)35-20-22-9-3-2-4-10-22/h2-18,29,31,36H,19-20H2,1H3,(H,35,39)/t29-,31?/m0/s1. The van der Waals surface area contributed by atoms with Crippen molar-refractivity contribution in [3.63, 3.8) is 0 Å². The predicted octanol–water partition coefficient (Wildman–Crippen LogP) is 5.89. The van der Waals surface area contributed by atoms with E-state index in [4.69, 9.17) is 0 Å². The van der Waals surface area contributed by atoms with Crippen molar-refractivity contribution in [2.24, 2.45) is 0 Å². The zero-order valence-electron chi connectivity index (χ0n) is 22.5. The van der Waals surface area contributed by atoms with Gasteiger partial charge in [-0.25, -0.2) is 9.69 Å². The average Bonchev–Trinajstić information content (AvgIpc) is 3.50. The fourth-order valence-electron chi connectivity index (χ4n) is 6.13. The number of para-hydroxylation sites is 2. The molecule has 0 aliphatic carbocycles. The second-order valence-corrected chi connectivity index (χ2v) is 10.6. The van der Waals surface area contributed by atoms with Gasteiger partial charge in [-0.05, 0) is 41.8 Å². The summed E-state index contributed by atoms with van der Waals surface area (Å²) in [5.41, 5.74) is 6.50. The second-order valence-electron chi connectivity index (χ2n) is 10.6. The molecule has 0 radical (unpaired) electrons. The van der Waals surface area contributed by atoms with Gasteiger partial charge in [0.15, 0.2) is 0 Å². The number of carbonyl (C=O) groups excluding carboxylic acids is 3. The SMILES string of the molecule is Cc1ccc(C2c3[nH]c4ccccc4c3C[C@H]3C(=O)N(c4ccccc4C(=O)NCc4ccccc4)C(=O)N23)cc1. The number of carbonyl (C=O) groups is 3. The summed E-state index contributed by atoms with van der Waals surface area (Å²) in [6, 6.07) is 30.9. The molecule has 2 aliphatic rings. The monoisotopic (exact) mass is 540 g/mol. The van der Waals surface area contributed by atoms with Crippen LogP contribution in [-0.4, -0.2) is 33.8 Å². The Kier molecular flexibility index (Phi) is 5.93. The van der Waals surface area contributed by atoms with Crippen LogP contribution in [0.25, 0.3) is 10.9 Å². The number of aromatic nitrogens is 1. The summed E-state index contributed by atoms with van der Waals surface area (Å²) in [4.78, 5) is 48.2. The molecular formula is C34H28N4O3. The molecular weight excluding hydrogens is 512 g/mol. The Labute approximate surface area is 237 Å². The fraction of sp³-hybridized carbons (Fsp3) is 0.147. The lowest BCUT2D eigenvalue weighted by Crippen LogP contribution is -2.44. The third kappa shape index (κ3) is 4.09. The van der Waals surface area contributed by atoms with Gasteiger partial charge in [0.2, 0.25) is 0 Å². The summed E-state index contributed by atoms with van der Waals surface area (Å²) in [6.45, 7) is 2.36. The van der Waals surface area contributed by atoms with Crippen molar-refractivity contribution in [3.05, 3.63) is 137 Å². The fourth-order valence-corrected chi connectivity index (χ4v) is 6.13. The van der Waals surface area contributed by atoms with Gasteiger partial charge in [-0.15, -0.1) is 0 Å². The molecule has 7 nitrogen and oxygen atoms in total. The number of anilines is 1. The molecule has 4 aromatic carbocycles. The van der Waals surface area contributed by atoms with Gasteiger partial charge in [-0.3, -0.25) is 14.5 Å².